The second kappa shape index (κ2) is 7.39. The Morgan fingerprint density at radius 1 is 1.17 bits per heavy atom. The van der Waals surface area contributed by atoms with Gasteiger partial charge in [-0.3, -0.25) is 4.90 Å². The third-order valence-corrected chi connectivity index (χ3v) is 6.47. The summed E-state index contributed by atoms with van der Waals surface area (Å²) in [5.41, 5.74) is 1.13. The lowest BCUT2D eigenvalue weighted by molar-refractivity contribution is 0.238. The average Bonchev–Trinajstić information content (AvgIpc) is 3.21. The number of sulfonamides is 1. The SMILES string of the molecule is Cn1cccc1C(CNS(=O)(=O)c1ccc(Br)cc1)N1CCCC1. The Hall–Kier alpha value is -1.15. The topological polar surface area (TPSA) is 54.3 Å². The zero-order valence-corrected chi connectivity index (χ0v) is 16.1. The van der Waals surface area contributed by atoms with Crippen LogP contribution < -0.4 is 4.72 Å². The van der Waals surface area contributed by atoms with Crippen LogP contribution in [0.1, 0.15) is 24.6 Å². The Kier molecular flexibility index (Phi) is 5.44. The molecule has 2 heterocycles. The molecule has 2 aromatic rings. The maximum atomic E-state index is 12.6. The second-order valence-electron chi connectivity index (χ2n) is 6.11. The van der Waals surface area contributed by atoms with E-state index in [1.807, 2.05) is 19.3 Å². The van der Waals surface area contributed by atoms with Crippen molar-refractivity contribution in [3.05, 3.63) is 52.8 Å². The summed E-state index contributed by atoms with van der Waals surface area (Å²) in [6, 6.07) is 10.8. The molecule has 130 valence electrons. The molecule has 1 unspecified atom stereocenters. The Balaban J connectivity index is 1.78. The first-order valence-corrected chi connectivity index (χ1v) is 10.4. The van der Waals surface area contributed by atoms with Crippen molar-refractivity contribution in [2.24, 2.45) is 7.05 Å². The quantitative estimate of drug-likeness (QED) is 0.794. The number of nitrogens with zero attached hydrogens (tertiary/aromatic N) is 2. The molecule has 1 N–H and O–H groups in total. The predicted molar refractivity (Wildman–Crippen MR) is 98.3 cm³/mol. The van der Waals surface area contributed by atoms with E-state index in [9.17, 15) is 8.42 Å². The molecule has 0 spiro atoms. The fourth-order valence-electron chi connectivity index (χ4n) is 3.18. The highest BCUT2D eigenvalue weighted by molar-refractivity contribution is 9.10. The maximum absolute atomic E-state index is 12.6. The second-order valence-corrected chi connectivity index (χ2v) is 8.79. The Labute approximate surface area is 151 Å². The molecule has 1 aromatic carbocycles. The van der Waals surface area contributed by atoms with Gasteiger partial charge in [0.05, 0.1) is 10.9 Å². The first-order chi connectivity index (χ1) is 11.5. The number of nitrogens with one attached hydrogen (secondary N) is 1. The smallest absolute Gasteiger partial charge is 0.240 e. The third-order valence-electron chi connectivity index (χ3n) is 4.50. The summed E-state index contributed by atoms with van der Waals surface area (Å²) in [6.07, 6.45) is 4.34. The molecule has 0 saturated carbocycles. The van der Waals surface area contributed by atoms with Crippen LogP contribution in [0.4, 0.5) is 0 Å². The first kappa shape index (κ1) is 17.7. The Bertz CT molecular complexity index is 780. The van der Waals surface area contributed by atoms with Gasteiger partial charge in [-0.25, -0.2) is 13.1 Å². The number of hydrogen-bond donors (Lipinski definition) is 1. The zero-order valence-electron chi connectivity index (χ0n) is 13.7. The number of aromatic nitrogens is 1. The zero-order chi connectivity index (χ0) is 17.2. The van der Waals surface area contributed by atoms with Crippen LogP contribution in [0, 0.1) is 0 Å². The van der Waals surface area contributed by atoms with Crippen molar-refractivity contribution in [3.63, 3.8) is 0 Å². The van der Waals surface area contributed by atoms with E-state index >= 15 is 0 Å². The minimum Gasteiger partial charge on any atom is -0.353 e. The minimum absolute atomic E-state index is 0.0534. The number of benzene rings is 1. The van der Waals surface area contributed by atoms with Crippen LogP contribution in [-0.4, -0.2) is 37.5 Å². The largest absolute Gasteiger partial charge is 0.353 e. The summed E-state index contributed by atoms with van der Waals surface area (Å²) in [6.45, 7) is 2.39. The van der Waals surface area contributed by atoms with Gasteiger partial charge in [-0.05, 0) is 62.3 Å². The van der Waals surface area contributed by atoms with Crippen LogP contribution in [0.3, 0.4) is 0 Å². The monoisotopic (exact) mass is 411 g/mol. The minimum atomic E-state index is -3.51. The molecule has 1 fully saturated rings. The third kappa shape index (κ3) is 3.91. The van der Waals surface area contributed by atoms with E-state index in [1.54, 1.807) is 24.3 Å². The molecule has 0 radical (unpaired) electrons. The van der Waals surface area contributed by atoms with Gasteiger partial charge in [0, 0.05) is 30.0 Å². The van der Waals surface area contributed by atoms with E-state index in [0.29, 0.717) is 6.54 Å². The molecule has 7 heteroatoms. The Morgan fingerprint density at radius 3 is 2.42 bits per heavy atom. The lowest BCUT2D eigenvalue weighted by Crippen LogP contribution is -2.37. The van der Waals surface area contributed by atoms with Gasteiger partial charge in [0.25, 0.3) is 0 Å². The molecule has 1 aliphatic heterocycles. The van der Waals surface area contributed by atoms with Crippen LogP contribution in [0.2, 0.25) is 0 Å². The van der Waals surface area contributed by atoms with Crippen LogP contribution in [0.25, 0.3) is 0 Å². The van der Waals surface area contributed by atoms with Crippen molar-refractivity contribution < 1.29 is 8.42 Å². The number of aryl methyl sites for hydroxylation is 1. The predicted octanol–water partition coefficient (Wildman–Crippen LogP) is 2.90. The van der Waals surface area contributed by atoms with E-state index in [4.69, 9.17) is 0 Å². The summed E-state index contributed by atoms with van der Waals surface area (Å²) in [7, 11) is -1.51. The van der Waals surface area contributed by atoms with E-state index in [-0.39, 0.29) is 10.9 Å². The standard InChI is InChI=1S/C17H22BrN3O2S/c1-20-10-4-5-16(20)17(21-11-2-3-12-21)13-19-24(22,23)15-8-6-14(18)7-9-15/h4-10,17,19H,2-3,11-13H2,1H3. The van der Waals surface area contributed by atoms with Gasteiger partial charge in [0.15, 0.2) is 0 Å². The van der Waals surface area contributed by atoms with Crippen molar-refractivity contribution in [3.8, 4) is 0 Å². The van der Waals surface area contributed by atoms with Gasteiger partial charge in [-0.15, -0.1) is 0 Å². The van der Waals surface area contributed by atoms with Crippen molar-refractivity contribution >= 4 is 26.0 Å². The molecule has 0 bridgehead atoms. The molecular formula is C17H22BrN3O2S. The van der Waals surface area contributed by atoms with Gasteiger partial charge < -0.3 is 4.57 Å². The number of halogens is 1. The molecular weight excluding hydrogens is 390 g/mol. The van der Waals surface area contributed by atoms with Crippen molar-refractivity contribution in [2.45, 2.75) is 23.8 Å². The van der Waals surface area contributed by atoms with E-state index in [1.165, 1.54) is 12.8 Å². The van der Waals surface area contributed by atoms with Gasteiger partial charge in [0.2, 0.25) is 10.0 Å². The van der Waals surface area contributed by atoms with Crippen molar-refractivity contribution in [1.29, 1.82) is 0 Å². The average molecular weight is 412 g/mol. The molecule has 1 atom stereocenters. The molecule has 1 saturated heterocycles. The fraction of sp³-hybridized carbons (Fsp3) is 0.412. The van der Waals surface area contributed by atoms with Crippen molar-refractivity contribution in [2.75, 3.05) is 19.6 Å². The van der Waals surface area contributed by atoms with E-state index in [2.05, 4.69) is 36.2 Å². The Morgan fingerprint density at radius 2 is 1.83 bits per heavy atom. The normalized spacial score (nSPS) is 17.2. The highest BCUT2D eigenvalue weighted by Crippen LogP contribution is 2.25. The van der Waals surface area contributed by atoms with E-state index < -0.39 is 10.0 Å². The van der Waals surface area contributed by atoms with Gasteiger partial charge in [-0.2, -0.15) is 0 Å². The van der Waals surface area contributed by atoms with Crippen molar-refractivity contribution in [1.82, 2.24) is 14.2 Å². The number of hydrogen-bond acceptors (Lipinski definition) is 3. The highest BCUT2D eigenvalue weighted by Gasteiger charge is 2.27. The fourth-order valence-corrected chi connectivity index (χ4v) is 4.48. The molecule has 3 rings (SSSR count). The molecule has 1 aliphatic rings. The van der Waals surface area contributed by atoms with Crippen LogP contribution in [0.5, 0.6) is 0 Å². The molecule has 1 aromatic heterocycles. The summed E-state index contributed by atoms with van der Waals surface area (Å²) in [4.78, 5) is 2.65. The summed E-state index contributed by atoms with van der Waals surface area (Å²) in [5, 5.41) is 0. The molecule has 0 aliphatic carbocycles. The summed E-state index contributed by atoms with van der Waals surface area (Å²) >= 11 is 3.33. The highest BCUT2D eigenvalue weighted by atomic mass is 79.9. The van der Waals surface area contributed by atoms with Gasteiger partial charge >= 0.3 is 0 Å². The van der Waals surface area contributed by atoms with Crippen LogP contribution in [0.15, 0.2) is 52.0 Å². The molecule has 24 heavy (non-hydrogen) atoms. The molecule has 0 amide bonds. The van der Waals surface area contributed by atoms with Gasteiger partial charge in [-0.1, -0.05) is 15.9 Å². The lowest BCUT2D eigenvalue weighted by atomic mass is 10.2. The first-order valence-electron chi connectivity index (χ1n) is 8.08. The summed E-state index contributed by atoms with van der Waals surface area (Å²) < 4.78 is 30.8. The molecule has 5 nitrogen and oxygen atoms in total. The lowest BCUT2D eigenvalue weighted by Gasteiger charge is -2.28. The van der Waals surface area contributed by atoms with Gasteiger partial charge in [0.1, 0.15) is 0 Å². The van der Waals surface area contributed by atoms with E-state index in [0.717, 1.165) is 23.3 Å². The van der Waals surface area contributed by atoms with Crippen LogP contribution in [-0.2, 0) is 17.1 Å². The number of rotatable bonds is 6. The maximum Gasteiger partial charge on any atom is 0.240 e. The number of likely N-dealkylation sites (tertiary alicyclic amines) is 1. The van der Waals surface area contributed by atoms with Crippen LogP contribution >= 0.6 is 15.9 Å². The summed E-state index contributed by atoms with van der Waals surface area (Å²) in [5.74, 6) is 0.